The van der Waals surface area contributed by atoms with E-state index in [0.717, 1.165) is 70.2 Å². The van der Waals surface area contributed by atoms with Gasteiger partial charge in [-0.3, -0.25) is 0 Å². The van der Waals surface area contributed by atoms with Gasteiger partial charge in [0, 0.05) is 0 Å². The predicted molar refractivity (Wildman–Crippen MR) is 228 cm³/mol. The van der Waals surface area contributed by atoms with E-state index in [1.807, 2.05) is 0 Å². The van der Waals surface area contributed by atoms with Gasteiger partial charge in [0.05, 0.1) is 0 Å². The molecule has 2 N–H and O–H groups in total. The summed E-state index contributed by atoms with van der Waals surface area (Å²) in [6.45, 7) is 17.7. The van der Waals surface area contributed by atoms with Crippen molar-refractivity contribution in [3.05, 3.63) is 129 Å². The van der Waals surface area contributed by atoms with Gasteiger partial charge in [0.25, 0.3) is 0 Å². The predicted octanol–water partition coefficient (Wildman–Crippen LogP) is 12.1. The van der Waals surface area contributed by atoms with Crippen LogP contribution in [0.1, 0.15) is 109 Å². The van der Waals surface area contributed by atoms with E-state index in [2.05, 4.69) is 163 Å². The van der Waals surface area contributed by atoms with Gasteiger partial charge < -0.3 is 0 Å². The molecule has 0 spiro atoms. The summed E-state index contributed by atoms with van der Waals surface area (Å²) in [4.78, 5) is 25.3. The van der Waals surface area contributed by atoms with Crippen molar-refractivity contribution in [2.24, 2.45) is 10.8 Å². The first-order chi connectivity index (χ1) is 25.6. The molecular formula is C46H54BCl2HfN2O2. The van der Waals surface area contributed by atoms with Crippen LogP contribution in [0.5, 0.6) is 0 Å². The molecule has 0 heterocycles. The van der Waals surface area contributed by atoms with Crippen LogP contribution in [0.2, 0.25) is 0 Å². The number of carbonyl (C=O) groups is 2. The van der Waals surface area contributed by atoms with Crippen LogP contribution in [0.3, 0.4) is 0 Å². The van der Waals surface area contributed by atoms with Crippen molar-refractivity contribution in [2.45, 2.75) is 88.4 Å². The maximum absolute atomic E-state index is 12.7. The van der Waals surface area contributed by atoms with Crippen molar-refractivity contribution in [3.63, 3.8) is 0 Å². The quantitative estimate of drug-likeness (QED) is 0.104. The van der Waals surface area contributed by atoms with Gasteiger partial charge in [-0.15, -0.1) is 0 Å². The molecule has 0 bridgehead atoms. The second-order valence-electron chi connectivity index (χ2n) is 17.2. The first-order valence-corrected chi connectivity index (χ1v) is 34.6. The maximum atomic E-state index is 12.7. The molecule has 54 heavy (non-hydrogen) atoms. The SMILES string of the molecule is CCCc1ccccc1-c1cccc2c1C=C(C(C)(C)C)[CH]2[Hf]([Cl])([Cl])([B](NC=O)NC=O)[CH]1C(C(C)(C)C)=Cc2c(-c3ccccc3CCC)cccc21. The molecule has 2 aliphatic carbocycles. The number of nitrogens with one attached hydrogen (secondary N) is 2. The average molecular weight is 927 g/mol. The number of halogens is 2. The molecule has 4 aromatic carbocycles. The van der Waals surface area contributed by atoms with Crippen molar-refractivity contribution in [2.75, 3.05) is 0 Å². The van der Waals surface area contributed by atoms with Crippen molar-refractivity contribution >= 4 is 46.7 Å². The van der Waals surface area contributed by atoms with Crippen LogP contribution in [0.15, 0.2) is 96.1 Å². The third-order valence-corrected chi connectivity index (χ3v) is 39.9. The van der Waals surface area contributed by atoms with Gasteiger partial charge >= 0.3 is 334 Å². The summed E-state index contributed by atoms with van der Waals surface area (Å²) in [5, 5.41) is 6.05. The number of hydrogen-bond donors (Lipinski definition) is 2. The van der Waals surface area contributed by atoms with E-state index in [9.17, 15) is 9.59 Å². The number of benzene rings is 4. The third-order valence-electron chi connectivity index (χ3n) is 11.6. The van der Waals surface area contributed by atoms with Crippen LogP contribution in [-0.2, 0) is 38.3 Å². The Hall–Kier alpha value is -3.18. The van der Waals surface area contributed by atoms with Gasteiger partial charge in [-0.2, -0.15) is 0 Å². The van der Waals surface area contributed by atoms with E-state index >= 15 is 0 Å². The summed E-state index contributed by atoms with van der Waals surface area (Å²) >= 11 is -6.19. The summed E-state index contributed by atoms with van der Waals surface area (Å²) in [5.41, 5.74) is 13.1. The molecule has 8 heteroatoms. The van der Waals surface area contributed by atoms with E-state index in [1.165, 1.54) is 22.3 Å². The van der Waals surface area contributed by atoms with E-state index in [-0.39, 0.29) is 10.8 Å². The number of aryl methyl sites for hydroxylation is 2. The minimum atomic E-state index is -6.19. The van der Waals surface area contributed by atoms with Crippen molar-refractivity contribution in [1.82, 2.24) is 10.5 Å². The Balaban J connectivity index is 1.72. The third kappa shape index (κ3) is 6.94. The first kappa shape index (κ1) is 40.5. The topological polar surface area (TPSA) is 58.2 Å². The van der Waals surface area contributed by atoms with E-state index in [0.29, 0.717) is 12.8 Å². The Morgan fingerprint density at radius 1 is 0.593 bits per heavy atom. The van der Waals surface area contributed by atoms with Crippen LogP contribution in [0.4, 0.5) is 0 Å². The van der Waals surface area contributed by atoms with Crippen LogP contribution >= 0.6 is 17.2 Å². The summed E-state index contributed by atoms with van der Waals surface area (Å²) in [6, 6.07) is 30.3. The molecule has 281 valence electrons. The molecule has 0 aliphatic heterocycles. The molecule has 6 rings (SSSR count). The molecule has 0 aromatic heterocycles. The van der Waals surface area contributed by atoms with Crippen molar-refractivity contribution < 1.29 is 25.5 Å². The zero-order valence-electron chi connectivity index (χ0n) is 33.0. The van der Waals surface area contributed by atoms with Gasteiger partial charge in [-0.1, -0.05) is 0 Å². The van der Waals surface area contributed by atoms with E-state index in [1.54, 1.807) is 0 Å². The molecule has 2 aliphatic rings. The molecular weight excluding hydrogens is 873 g/mol. The fraction of sp³-hybridized carbons (Fsp3) is 0.348. The summed E-state index contributed by atoms with van der Waals surface area (Å²) in [7, 11) is 17.6. The second kappa shape index (κ2) is 15.4. The number of carbonyl (C=O) groups excluding carboxylic acids is 2. The second-order valence-corrected chi connectivity index (χ2v) is 47.7. The average Bonchev–Trinajstić information content (AvgIpc) is 3.75. The van der Waals surface area contributed by atoms with Gasteiger partial charge in [-0.05, 0) is 0 Å². The standard InChI is InChI=1S/2C22H25.C2H3BN2O2.2ClH.Hf/c2*1-5-9-16-10-6-7-12-19(16)20-13-8-11-17-14-18(15-21(17)20)22(2,3)4;6-1-4-3-5-2-7;;;/h2*6-8,10-15H,5,9H2,1-4H3;1-2H,(H-,4,5,6,7);2*1H;/q;;;;;+1/p-1. The summed E-state index contributed by atoms with van der Waals surface area (Å²) < 4.78 is -1.86. The van der Waals surface area contributed by atoms with Gasteiger partial charge in [0.1, 0.15) is 0 Å². The van der Waals surface area contributed by atoms with Crippen LogP contribution in [0, 0.1) is 10.8 Å². The molecule has 0 radical (unpaired) electrons. The van der Waals surface area contributed by atoms with E-state index < -0.39 is 27.8 Å². The number of hydrogen-bond acceptors (Lipinski definition) is 2. The Morgan fingerprint density at radius 3 is 1.31 bits per heavy atom. The van der Waals surface area contributed by atoms with Crippen LogP contribution in [0.25, 0.3) is 34.4 Å². The molecule has 0 saturated carbocycles. The first-order valence-electron chi connectivity index (χ1n) is 19.4. The Morgan fingerprint density at radius 2 is 0.963 bits per heavy atom. The van der Waals surface area contributed by atoms with Crippen LogP contribution in [-0.4, -0.2) is 17.4 Å². The summed E-state index contributed by atoms with van der Waals surface area (Å²) in [5.74, 6) is 0. The molecule has 0 fully saturated rings. The Bertz CT molecular complexity index is 2000. The fourth-order valence-electron chi connectivity index (χ4n) is 9.31. The van der Waals surface area contributed by atoms with Crippen molar-refractivity contribution in [1.29, 1.82) is 0 Å². The molecule has 0 saturated heterocycles. The van der Waals surface area contributed by atoms with E-state index in [4.69, 9.17) is 17.2 Å². The summed E-state index contributed by atoms with van der Waals surface area (Å²) in [6.07, 6.45) is 9.93. The number of allylic oxidation sites excluding steroid dienone is 2. The van der Waals surface area contributed by atoms with Gasteiger partial charge in [-0.25, -0.2) is 0 Å². The van der Waals surface area contributed by atoms with Gasteiger partial charge in [0.2, 0.25) is 0 Å². The molecule has 4 nitrogen and oxygen atoms in total. The van der Waals surface area contributed by atoms with Crippen molar-refractivity contribution in [3.8, 4) is 22.3 Å². The van der Waals surface area contributed by atoms with Gasteiger partial charge in [0.15, 0.2) is 0 Å². The Kier molecular flexibility index (Phi) is 11.5. The zero-order chi connectivity index (χ0) is 39.1. The Labute approximate surface area is 331 Å². The minimum absolute atomic E-state index is 0.355. The molecule has 2 amide bonds. The molecule has 2 atom stereocenters. The number of rotatable bonds is 13. The molecule has 4 aromatic rings. The number of amides is 2. The normalized spacial score (nSPS) is 17.4. The zero-order valence-corrected chi connectivity index (χ0v) is 38.1. The molecule has 2 unspecified atom stereocenters. The van der Waals surface area contributed by atoms with Crippen LogP contribution < -0.4 is 10.5 Å². The monoisotopic (exact) mass is 927 g/mol. The number of fused-ring (bicyclic) bond motifs is 2. The fourth-order valence-corrected chi connectivity index (χ4v) is 39.5.